The largest absolute Gasteiger partial charge is 0.396 e. The maximum absolute atomic E-state index is 11.6. The number of pyridine rings is 1. The third-order valence-corrected chi connectivity index (χ3v) is 2.06. The van der Waals surface area contributed by atoms with E-state index in [1.807, 2.05) is 13.8 Å². The second-order valence-corrected chi connectivity index (χ2v) is 3.75. The molecule has 1 aromatic rings. The average molecular weight is 208 g/mol. The number of carbonyl (C=O) groups is 1. The molecule has 0 saturated heterocycles. The molecule has 1 aromatic heterocycles. The molecule has 0 bridgehead atoms. The first-order valence-corrected chi connectivity index (χ1v) is 4.94. The van der Waals surface area contributed by atoms with Gasteiger partial charge in [0.15, 0.2) is 0 Å². The van der Waals surface area contributed by atoms with Crippen LogP contribution in [0.4, 0.5) is 0 Å². The topological polar surface area (TPSA) is 62.2 Å². The number of amides is 1. The van der Waals surface area contributed by atoms with Crippen molar-refractivity contribution < 1.29 is 9.90 Å². The highest BCUT2D eigenvalue weighted by atomic mass is 16.3. The lowest BCUT2D eigenvalue weighted by atomic mass is 10.2. The van der Waals surface area contributed by atoms with E-state index in [2.05, 4.69) is 10.3 Å². The first kappa shape index (κ1) is 11.7. The molecule has 0 fully saturated rings. The number of aromatic nitrogens is 1. The monoisotopic (exact) mass is 208 g/mol. The molecule has 0 aliphatic heterocycles. The summed E-state index contributed by atoms with van der Waals surface area (Å²) in [4.78, 5) is 15.5. The summed E-state index contributed by atoms with van der Waals surface area (Å²) in [5.74, 6) is -0.0711. The molecular formula is C11H16N2O2. The smallest absolute Gasteiger partial charge is 0.252 e. The molecule has 4 heteroatoms. The molecule has 1 atom stereocenters. The highest BCUT2D eigenvalue weighted by Gasteiger charge is 2.07. The number of carbonyl (C=O) groups excluding carboxylic acids is 1. The molecule has 1 amide bonds. The minimum absolute atomic E-state index is 0.0757. The van der Waals surface area contributed by atoms with Crippen molar-refractivity contribution in [2.24, 2.45) is 5.92 Å². The standard InChI is InChI=1S/C11H16N2O2/c1-8-3-10(6-12-4-8)11(15)13-5-9(2)7-14/h3-4,6,9,14H,5,7H2,1-2H3,(H,13,15). The van der Waals surface area contributed by atoms with Crippen LogP contribution < -0.4 is 5.32 Å². The Labute approximate surface area is 89.3 Å². The fourth-order valence-electron chi connectivity index (χ4n) is 1.11. The summed E-state index contributed by atoms with van der Waals surface area (Å²) in [5, 5.41) is 11.5. The van der Waals surface area contributed by atoms with Crippen molar-refractivity contribution in [3.05, 3.63) is 29.6 Å². The number of rotatable bonds is 4. The van der Waals surface area contributed by atoms with E-state index in [4.69, 9.17) is 5.11 Å². The van der Waals surface area contributed by atoms with E-state index in [1.165, 1.54) is 6.20 Å². The van der Waals surface area contributed by atoms with Crippen LogP contribution >= 0.6 is 0 Å². The number of hydrogen-bond acceptors (Lipinski definition) is 3. The Bertz CT molecular complexity index is 339. The average Bonchev–Trinajstić information content (AvgIpc) is 2.25. The van der Waals surface area contributed by atoms with Crippen molar-refractivity contribution in [2.75, 3.05) is 13.2 Å². The number of aliphatic hydroxyl groups is 1. The Morgan fingerprint density at radius 2 is 2.33 bits per heavy atom. The molecule has 2 N–H and O–H groups in total. The van der Waals surface area contributed by atoms with Gasteiger partial charge in [-0.1, -0.05) is 6.92 Å². The van der Waals surface area contributed by atoms with Gasteiger partial charge in [-0.25, -0.2) is 0 Å². The van der Waals surface area contributed by atoms with Crippen molar-refractivity contribution in [3.63, 3.8) is 0 Å². The van der Waals surface area contributed by atoms with Crippen LogP contribution in [0.5, 0.6) is 0 Å². The third-order valence-electron chi connectivity index (χ3n) is 2.06. The van der Waals surface area contributed by atoms with Gasteiger partial charge in [0.2, 0.25) is 0 Å². The van der Waals surface area contributed by atoms with Gasteiger partial charge in [-0.15, -0.1) is 0 Å². The molecule has 1 unspecified atom stereocenters. The van der Waals surface area contributed by atoms with Crippen molar-refractivity contribution in [1.29, 1.82) is 0 Å². The molecule has 0 spiro atoms. The molecular weight excluding hydrogens is 192 g/mol. The maximum atomic E-state index is 11.6. The molecule has 0 aliphatic rings. The van der Waals surface area contributed by atoms with Gasteiger partial charge in [0, 0.05) is 25.5 Å². The molecule has 15 heavy (non-hydrogen) atoms. The fourth-order valence-corrected chi connectivity index (χ4v) is 1.11. The predicted octanol–water partition coefficient (Wildman–Crippen LogP) is 0.748. The van der Waals surface area contributed by atoms with Crippen molar-refractivity contribution in [1.82, 2.24) is 10.3 Å². The van der Waals surface area contributed by atoms with Crippen LogP contribution in [0.3, 0.4) is 0 Å². The highest BCUT2D eigenvalue weighted by Crippen LogP contribution is 2.01. The van der Waals surface area contributed by atoms with Crippen LogP contribution in [0.15, 0.2) is 18.5 Å². The Balaban J connectivity index is 2.54. The molecule has 1 heterocycles. The van der Waals surface area contributed by atoms with Gasteiger partial charge in [0.25, 0.3) is 5.91 Å². The van der Waals surface area contributed by atoms with Crippen molar-refractivity contribution in [3.8, 4) is 0 Å². The molecule has 0 radical (unpaired) electrons. The van der Waals surface area contributed by atoms with E-state index in [0.717, 1.165) is 5.56 Å². The van der Waals surface area contributed by atoms with Gasteiger partial charge < -0.3 is 10.4 Å². The van der Waals surface area contributed by atoms with Gasteiger partial charge in [-0.3, -0.25) is 9.78 Å². The second-order valence-electron chi connectivity index (χ2n) is 3.75. The Hall–Kier alpha value is -1.42. The Morgan fingerprint density at radius 1 is 1.60 bits per heavy atom. The first-order valence-electron chi connectivity index (χ1n) is 4.94. The molecule has 0 aromatic carbocycles. The zero-order valence-electron chi connectivity index (χ0n) is 9.03. The lowest BCUT2D eigenvalue weighted by Crippen LogP contribution is -2.29. The molecule has 0 saturated carbocycles. The maximum Gasteiger partial charge on any atom is 0.252 e. The van der Waals surface area contributed by atoms with Crippen LogP contribution in [0.2, 0.25) is 0 Å². The summed E-state index contributed by atoms with van der Waals surface area (Å²) >= 11 is 0. The summed E-state index contributed by atoms with van der Waals surface area (Å²) in [6.45, 7) is 4.31. The molecule has 1 rings (SSSR count). The lowest BCUT2D eigenvalue weighted by Gasteiger charge is -2.09. The van der Waals surface area contributed by atoms with Crippen molar-refractivity contribution >= 4 is 5.91 Å². The van der Waals surface area contributed by atoms with E-state index in [0.29, 0.717) is 12.1 Å². The highest BCUT2D eigenvalue weighted by molar-refractivity contribution is 5.93. The molecule has 4 nitrogen and oxygen atoms in total. The lowest BCUT2D eigenvalue weighted by molar-refractivity contribution is 0.0942. The van der Waals surface area contributed by atoms with Gasteiger partial charge >= 0.3 is 0 Å². The number of hydrogen-bond donors (Lipinski definition) is 2. The number of aryl methyl sites for hydroxylation is 1. The van der Waals surface area contributed by atoms with E-state index in [1.54, 1.807) is 12.3 Å². The summed E-state index contributed by atoms with van der Waals surface area (Å²) in [6.07, 6.45) is 3.24. The summed E-state index contributed by atoms with van der Waals surface area (Å²) < 4.78 is 0. The normalized spacial score (nSPS) is 12.2. The zero-order chi connectivity index (χ0) is 11.3. The Kier molecular flexibility index (Phi) is 4.24. The SMILES string of the molecule is Cc1cncc(C(=O)NCC(C)CO)c1. The number of nitrogens with zero attached hydrogens (tertiary/aromatic N) is 1. The van der Waals surface area contributed by atoms with Crippen LogP contribution in [0.25, 0.3) is 0 Å². The van der Waals surface area contributed by atoms with Crippen LogP contribution in [0.1, 0.15) is 22.8 Å². The van der Waals surface area contributed by atoms with Gasteiger partial charge in [-0.2, -0.15) is 0 Å². The minimum atomic E-state index is -0.147. The van der Waals surface area contributed by atoms with Gasteiger partial charge in [0.05, 0.1) is 5.56 Å². The summed E-state index contributed by atoms with van der Waals surface area (Å²) in [5.41, 5.74) is 1.51. The quantitative estimate of drug-likeness (QED) is 0.767. The zero-order valence-corrected chi connectivity index (χ0v) is 9.03. The minimum Gasteiger partial charge on any atom is -0.396 e. The van der Waals surface area contributed by atoms with Crippen LogP contribution in [-0.2, 0) is 0 Å². The number of nitrogens with one attached hydrogen (secondary N) is 1. The fraction of sp³-hybridized carbons (Fsp3) is 0.455. The Morgan fingerprint density at radius 3 is 2.93 bits per heavy atom. The van der Waals surface area contributed by atoms with Gasteiger partial charge in [-0.05, 0) is 24.5 Å². The first-order chi connectivity index (χ1) is 7.13. The van der Waals surface area contributed by atoms with Crippen molar-refractivity contribution in [2.45, 2.75) is 13.8 Å². The predicted molar refractivity (Wildman–Crippen MR) is 57.6 cm³/mol. The van der Waals surface area contributed by atoms with E-state index in [9.17, 15) is 4.79 Å². The van der Waals surface area contributed by atoms with Crippen LogP contribution in [-0.4, -0.2) is 29.1 Å². The van der Waals surface area contributed by atoms with E-state index >= 15 is 0 Å². The second kappa shape index (κ2) is 5.46. The van der Waals surface area contributed by atoms with E-state index in [-0.39, 0.29) is 18.4 Å². The summed E-state index contributed by atoms with van der Waals surface area (Å²) in [6, 6.07) is 1.78. The molecule has 82 valence electrons. The third kappa shape index (κ3) is 3.67. The molecule has 0 aliphatic carbocycles. The van der Waals surface area contributed by atoms with E-state index < -0.39 is 0 Å². The number of aliphatic hydroxyl groups excluding tert-OH is 1. The van der Waals surface area contributed by atoms with Gasteiger partial charge in [0.1, 0.15) is 0 Å². The van der Waals surface area contributed by atoms with Crippen LogP contribution in [0, 0.1) is 12.8 Å². The summed E-state index contributed by atoms with van der Waals surface area (Å²) in [7, 11) is 0.